The topological polar surface area (TPSA) is 98.3 Å². The van der Waals surface area contributed by atoms with Gasteiger partial charge in [-0.2, -0.15) is 10.4 Å². The van der Waals surface area contributed by atoms with Crippen LogP contribution in [0, 0.1) is 18.3 Å². The van der Waals surface area contributed by atoms with Gasteiger partial charge in [-0.05, 0) is 37.3 Å². The lowest BCUT2D eigenvalue weighted by Crippen LogP contribution is -2.02. The molecule has 0 saturated carbocycles. The van der Waals surface area contributed by atoms with E-state index in [4.69, 9.17) is 5.73 Å². The molecule has 4 aromatic heterocycles. The molecule has 0 aliphatic carbocycles. The summed E-state index contributed by atoms with van der Waals surface area (Å²) in [4.78, 5) is 8.51. The van der Waals surface area contributed by atoms with Gasteiger partial charge in [0.1, 0.15) is 17.5 Å². The highest BCUT2D eigenvalue weighted by atomic mass is 15.2. The van der Waals surface area contributed by atoms with Crippen LogP contribution in [0.4, 0.5) is 5.82 Å². The lowest BCUT2D eigenvalue weighted by Gasteiger charge is -2.13. The van der Waals surface area contributed by atoms with Gasteiger partial charge in [0.05, 0.1) is 17.1 Å². The SMILES string of the molecule is Cc1nn(C)cc1-c1cc(-c2cccn2-c2ccncc2)c(C#N)c(N)n1. The summed E-state index contributed by atoms with van der Waals surface area (Å²) in [6.45, 7) is 1.92. The monoisotopic (exact) mass is 355 g/mol. The first-order valence-corrected chi connectivity index (χ1v) is 8.38. The van der Waals surface area contributed by atoms with E-state index in [2.05, 4.69) is 21.1 Å². The van der Waals surface area contributed by atoms with E-state index in [0.29, 0.717) is 11.3 Å². The molecule has 0 aliphatic rings. The van der Waals surface area contributed by atoms with Gasteiger partial charge in [0.25, 0.3) is 0 Å². The Morgan fingerprint density at radius 3 is 2.59 bits per heavy atom. The number of nitrogens with zero attached hydrogens (tertiary/aromatic N) is 6. The number of rotatable bonds is 3. The van der Waals surface area contributed by atoms with Crippen molar-refractivity contribution in [1.29, 1.82) is 5.26 Å². The van der Waals surface area contributed by atoms with Gasteiger partial charge in [-0.3, -0.25) is 9.67 Å². The lowest BCUT2D eigenvalue weighted by atomic mass is 10.0. The number of nitrogens with two attached hydrogens (primary N) is 1. The molecule has 0 unspecified atom stereocenters. The van der Waals surface area contributed by atoms with Gasteiger partial charge < -0.3 is 10.3 Å². The highest BCUT2D eigenvalue weighted by Crippen LogP contribution is 2.33. The number of aryl methyl sites for hydroxylation is 2. The molecule has 0 amide bonds. The zero-order chi connectivity index (χ0) is 19.0. The first-order valence-electron chi connectivity index (χ1n) is 8.38. The molecule has 27 heavy (non-hydrogen) atoms. The van der Waals surface area contributed by atoms with Crippen molar-refractivity contribution in [2.45, 2.75) is 6.92 Å². The molecular formula is C20H17N7. The number of hydrogen-bond acceptors (Lipinski definition) is 5. The molecular weight excluding hydrogens is 338 g/mol. The average molecular weight is 355 g/mol. The third kappa shape index (κ3) is 2.83. The number of nitrogen functional groups attached to an aromatic ring is 1. The Balaban J connectivity index is 1.95. The van der Waals surface area contributed by atoms with Crippen LogP contribution in [0.15, 0.2) is 55.1 Å². The predicted octanol–water partition coefficient (Wildman–Crippen LogP) is 3.10. The third-order valence-corrected chi connectivity index (χ3v) is 4.41. The lowest BCUT2D eigenvalue weighted by molar-refractivity contribution is 0.756. The Morgan fingerprint density at radius 2 is 1.93 bits per heavy atom. The molecule has 7 heteroatoms. The minimum atomic E-state index is 0.204. The average Bonchev–Trinajstić information content (AvgIpc) is 3.28. The molecule has 0 bridgehead atoms. The van der Waals surface area contributed by atoms with Crippen molar-refractivity contribution in [1.82, 2.24) is 24.3 Å². The highest BCUT2D eigenvalue weighted by molar-refractivity contribution is 5.80. The standard InChI is InChI=1S/C20H17N7/c1-13-17(12-26(2)25-13)18-10-15(16(11-21)20(22)24-18)19-4-3-9-27(19)14-5-7-23-8-6-14/h3-10,12H,1-2H3,(H2,22,24). The normalized spacial score (nSPS) is 10.7. The molecule has 0 aromatic carbocycles. The van der Waals surface area contributed by atoms with Crippen molar-refractivity contribution >= 4 is 5.82 Å². The summed E-state index contributed by atoms with van der Waals surface area (Å²) < 4.78 is 3.73. The number of aromatic nitrogens is 5. The van der Waals surface area contributed by atoms with Gasteiger partial charge in [0.2, 0.25) is 0 Å². The summed E-state index contributed by atoms with van der Waals surface area (Å²) >= 11 is 0. The second kappa shape index (κ2) is 6.42. The Hall–Kier alpha value is -3.92. The molecule has 0 fully saturated rings. The summed E-state index contributed by atoms with van der Waals surface area (Å²) in [6, 6.07) is 11.8. The first kappa shape index (κ1) is 16.5. The molecule has 7 nitrogen and oxygen atoms in total. The van der Waals surface area contributed by atoms with Crippen LogP contribution < -0.4 is 5.73 Å². The Kier molecular flexibility index (Phi) is 3.94. The Morgan fingerprint density at radius 1 is 1.15 bits per heavy atom. The second-order valence-electron chi connectivity index (χ2n) is 6.20. The molecule has 0 spiro atoms. The van der Waals surface area contributed by atoms with Crippen molar-refractivity contribution in [2.75, 3.05) is 5.73 Å². The molecule has 0 radical (unpaired) electrons. The quantitative estimate of drug-likeness (QED) is 0.609. The van der Waals surface area contributed by atoms with E-state index in [0.717, 1.165) is 28.2 Å². The van der Waals surface area contributed by atoms with Gasteiger partial charge in [0, 0.05) is 48.6 Å². The van der Waals surface area contributed by atoms with E-state index in [9.17, 15) is 5.26 Å². The summed E-state index contributed by atoms with van der Waals surface area (Å²) in [5.41, 5.74) is 11.5. The molecule has 4 rings (SSSR count). The predicted molar refractivity (Wildman–Crippen MR) is 103 cm³/mol. The van der Waals surface area contributed by atoms with Gasteiger partial charge in [-0.1, -0.05) is 0 Å². The van der Waals surface area contributed by atoms with Crippen LogP contribution in [0.1, 0.15) is 11.3 Å². The van der Waals surface area contributed by atoms with Gasteiger partial charge in [0.15, 0.2) is 0 Å². The third-order valence-electron chi connectivity index (χ3n) is 4.41. The minimum Gasteiger partial charge on any atom is -0.383 e. The van der Waals surface area contributed by atoms with E-state index in [1.807, 2.05) is 61.3 Å². The van der Waals surface area contributed by atoms with E-state index in [1.165, 1.54) is 0 Å². The van der Waals surface area contributed by atoms with Crippen molar-refractivity contribution in [3.63, 3.8) is 0 Å². The fourth-order valence-corrected chi connectivity index (χ4v) is 3.20. The molecule has 0 atom stereocenters. The number of anilines is 1. The summed E-state index contributed by atoms with van der Waals surface area (Å²) in [6.07, 6.45) is 7.30. The van der Waals surface area contributed by atoms with Crippen LogP contribution >= 0.6 is 0 Å². The van der Waals surface area contributed by atoms with E-state index >= 15 is 0 Å². The summed E-state index contributed by atoms with van der Waals surface area (Å²) in [7, 11) is 1.86. The fraction of sp³-hybridized carbons (Fsp3) is 0.100. The summed E-state index contributed by atoms with van der Waals surface area (Å²) in [5, 5.41) is 14.0. The van der Waals surface area contributed by atoms with E-state index in [1.54, 1.807) is 17.1 Å². The van der Waals surface area contributed by atoms with Crippen molar-refractivity contribution in [3.8, 4) is 34.3 Å². The molecule has 2 N–H and O–H groups in total. The molecule has 0 saturated heterocycles. The zero-order valence-electron chi connectivity index (χ0n) is 15.0. The number of hydrogen-bond donors (Lipinski definition) is 1. The van der Waals surface area contributed by atoms with Gasteiger partial charge in [-0.25, -0.2) is 4.98 Å². The maximum absolute atomic E-state index is 9.67. The van der Waals surface area contributed by atoms with Crippen LogP contribution in [-0.2, 0) is 7.05 Å². The molecule has 0 aliphatic heterocycles. The molecule has 132 valence electrons. The summed E-state index contributed by atoms with van der Waals surface area (Å²) in [5.74, 6) is 0.204. The molecule has 4 heterocycles. The maximum Gasteiger partial charge on any atom is 0.142 e. The van der Waals surface area contributed by atoms with Crippen LogP contribution in [0.25, 0.3) is 28.2 Å². The van der Waals surface area contributed by atoms with Crippen LogP contribution in [0.3, 0.4) is 0 Å². The van der Waals surface area contributed by atoms with Crippen LogP contribution in [-0.4, -0.2) is 24.3 Å². The van der Waals surface area contributed by atoms with Gasteiger partial charge in [-0.15, -0.1) is 0 Å². The van der Waals surface area contributed by atoms with Crippen molar-refractivity contribution < 1.29 is 0 Å². The van der Waals surface area contributed by atoms with Gasteiger partial charge >= 0.3 is 0 Å². The second-order valence-corrected chi connectivity index (χ2v) is 6.20. The highest BCUT2D eigenvalue weighted by Gasteiger charge is 2.18. The largest absolute Gasteiger partial charge is 0.383 e. The smallest absolute Gasteiger partial charge is 0.142 e. The fourth-order valence-electron chi connectivity index (χ4n) is 3.20. The van der Waals surface area contributed by atoms with Crippen LogP contribution in [0.2, 0.25) is 0 Å². The zero-order valence-corrected chi connectivity index (χ0v) is 15.0. The number of nitriles is 1. The Bertz CT molecular complexity index is 1160. The Labute approximate surface area is 156 Å². The first-order chi connectivity index (χ1) is 13.1. The maximum atomic E-state index is 9.67. The number of pyridine rings is 2. The van der Waals surface area contributed by atoms with Crippen LogP contribution in [0.5, 0.6) is 0 Å². The van der Waals surface area contributed by atoms with Crippen molar-refractivity contribution in [3.05, 3.63) is 66.4 Å². The van der Waals surface area contributed by atoms with E-state index in [-0.39, 0.29) is 5.82 Å². The van der Waals surface area contributed by atoms with Crippen molar-refractivity contribution in [2.24, 2.45) is 7.05 Å². The van der Waals surface area contributed by atoms with E-state index < -0.39 is 0 Å². The minimum absolute atomic E-state index is 0.204. The molecule has 4 aromatic rings.